The summed E-state index contributed by atoms with van der Waals surface area (Å²) in [5.74, 6) is 5.23. The first kappa shape index (κ1) is 20.1. The van der Waals surface area contributed by atoms with Crippen LogP contribution in [0.5, 0.6) is 0 Å². The van der Waals surface area contributed by atoms with E-state index in [0.29, 0.717) is 27.2 Å². The predicted octanol–water partition coefficient (Wildman–Crippen LogP) is 2.86. The second kappa shape index (κ2) is 7.90. The number of rotatable bonds is 4. The van der Waals surface area contributed by atoms with Gasteiger partial charge < -0.3 is 0 Å². The van der Waals surface area contributed by atoms with Crippen molar-refractivity contribution in [1.82, 2.24) is 19.5 Å². The zero-order chi connectivity index (χ0) is 20.6. The Hall–Kier alpha value is -2.21. The van der Waals surface area contributed by atoms with Crippen LogP contribution in [0.15, 0.2) is 41.3 Å². The molecule has 0 unspecified atom stereocenters. The Morgan fingerprint density at radius 2 is 2.21 bits per heavy atom. The number of nitrogens with one attached hydrogen (secondary N) is 1. The molecule has 1 aliphatic carbocycles. The van der Waals surface area contributed by atoms with Gasteiger partial charge in [0.05, 0.1) is 0 Å². The van der Waals surface area contributed by atoms with Crippen LogP contribution in [-0.4, -0.2) is 46.7 Å². The normalized spacial score (nSPS) is 13.9. The standard InChI is InChI=1S/C19H14BrF3N4OSe/c20-15-4-2-8-26-16(15)9-12(18(26)29-19(21,22)23)3-1-7-24-17(28)13-10-25-27(11-13)14-5-6-14/h2,4,8-11,14H,5-7H2,(H,24,28). The Kier molecular flexibility index (Phi) is 5.47. The van der Waals surface area contributed by atoms with E-state index in [2.05, 4.69) is 38.2 Å². The van der Waals surface area contributed by atoms with Gasteiger partial charge in [0, 0.05) is 0 Å². The first-order valence-corrected chi connectivity index (χ1v) is 11.2. The summed E-state index contributed by atoms with van der Waals surface area (Å²) in [6.07, 6.45) is 6.93. The van der Waals surface area contributed by atoms with E-state index in [1.165, 1.54) is 10.6 Å². The fourth-order valence-electron chi connectivity index (χ4n) is 2.80. The Labute approximate surface area is 178 Å². The summed E-state index contributed by atoms with van der Waals surface area (Å²) in [7, 11) is 0. The van der Waals surface area contributed by atoms with Gasteiger partial charge in [0.25, 0.3) is 0 Å². The minimum atomic E-state index is -4.30. The molecule has 1 fully saturated rings. The molecule has 1 amide bonds. The van der Waals surface area contributed by atoms with E-state index in [-0.39, 0.29) is 17.0 Å². The van der Waals surface area contributed by atoms with Gasteiger partial charge >= 0.3 is 179 Å². The number of carbonyl (C=O) groups is 1. The number of hydrogen-bond acceptors (Lipinski definition) is 2. The molecule has 3 aromatic heterocycles. The second-order valence-electron chi connectivity index (χ2n) is 6.45. The number of amides is 1. The first-order valence-electron chi connectivity index (χ1n) is 8.68. The van der Waals surface area contributed by atoms with Gasteiger partial charge in [-0.1, -0.05) is 0 Å². The van der Waals surface area contributed by atoms with Gasteiger partial charge in [0.1, 0.15) is 0 Å². The summed E-state index contributed by atoms with van der Waals surface area (Å²) >= 11 is 1.61. The van der Waals surface area contributed by atoms with Crippen LogP contribution < -0.4 is 9.91 Å². The fourth-order valence-corrected chi connectivity index (χ4v) is 4.72. The van der Waals surface area contributed by atoms with E-state index in [9.17, 15) is 18.0 Å². The van der Waals surface area contributed by atoms with Crippen LogP contribution in [0.25, 0.3) is 5.52 Å². The minimum absolute atomic E-state index is 0.0270. The Bertz CT molecular complexity index is 1140. The number of alkyl halides is 3. The van der Waals surface area contributed by atoms with Crippen LogP contribution in [0.2, 0.25) is 0 Å². The molecule has 0 aliphatic heterocycles. The third-order valence-electron chi connectivity index (χ3n) is 4.27. The van der Waals surface area contributed by atoms with Gasteiger partial charge in [-0.3, -0.25) is 0 Å². The molecule has 1 aliphatic rings. The van der Waals surface area contributed by atoms with Gasteiger partial charge in [-0.15, -0.1) is 0 Å². The number of pyridine rings is 1. The summed E-state index contributed by atoms with van der Waals surface area (Å²) in [4.78, 5) is 12.2. The second-order valence-corrected chi connectivity index (χ2v) is 9.51. The molecule has 4 rings (SSSR count). The van der Waals surface area contributed by atoms with Crippen molar-refractivity contribution in [3.05, 3.63) is 52.4 Å². The summed E-state index contributed by atoms with van der Waals surface area (Å²) in [5.41, 5.74) is 1.37. The quantitative estimate of drug-likeness (QED) is 0.417. The number of aromatic nitrogens is 3. The maximum absolute atomic E-state index is 13.1. The van der Waals surface area contributed by atoms with E-state index in [1.54, 1.807) is 35.3 Å². The van der Waals surface area contributed by atoms with Crippen molar-refractivity contribution in [3.63, 3.8) is 0 Å². The van der Waals surface area contributed by atoms with Gasteiger partial charge in [0.15, 0.2) is 0 Å². The third-order valence-corrected chi connectivity index (χ3v) is 6.71. The van der Waals surface area contributed by atoms with Crippen molar-refractivity contribution in [3.8, 4) is 11.8 Å². The van der Waals surface area contributed by atoms with Crippen molar-refractivity contribution in [1.29, 1.82) is 0 Å². The van der Waals surface area contributed by atoms with E-state index >= 15 is 0 Å². The zero-order valence-electron chi connectivity index (χ0n) is 14.8. The number of hydrogen-bond donors (Lipinski definition) is 1. The number of carbonyl (C=O) groups excluding carboxylic acids is 1. The summed E-state index contributed by atoms with van der Waals surface area (Å²) in [5, 5.41) is 2.52. The summed E-state index contributed by atoms with van der Waals surface area (Å²) in [6.45, 7) is 0.0270. The molecule has 3 heterocycles. The fraction of sp³-hybridized carbons (Fsp3) is 0.263. The molecular formula is C19H14BrF3N4OSe. The van der Waals surface area contributed by atoms with Crippen molar-refractivity contribution in [2.75, 3.05) is 6.54 Å². The average Bonchev–Trinajstić information content (AvgIpc) is 3.28. The number of nitrogens with zero attached hydrogens (tertiary/aromatic N) is 3. The van der Waals surface area contributed by atoms with Crippen LogP contribution in [-0.2, 0) is 0 Å². The monoisotopic (exact) mass is 530 g/mol. The molecule has 0 bridgehead atoms. The van der Waals surface area contributed by atoms with Crippen molar-refractivity contribution < 1.29 is 18.0 Å². The van der Waals surface area contributed by atoms with Crippen LogP contribution in [0.1, 0.15) is 34.8 Å². The van der Waals surface area contributed by atoms with E-state index in [1.807, 2.05) is 0 Å². The van der Waals surface area contributed by atoms with Gasteiger partial charge in [-0.2, -0.15) is 0 Å². The molecule has 0 radical (unpaired) electrons. The molecule has 0 atom stereocenters. The first-order chi connectivity index (χ1) is 13.8. The SMILES string of the molecule is O=C(NCC#Cc1cc2c(Br)cccn2c1[Se]C(F)(F)F)c1cnn(C2CC2)c1. The Balaban J connectivity index is 1.50. The summed E-state index contributed by atoms with van der Waals surface area (Å²) < 4.78 is 43.3. The average molecular weight is 530 g/mol. The maximum atomic E-state index is 13.1. The van der Waals surface area contributed by atoms with E-state index < -0.39 is 20.0 Å². The molecule has 5 nitrogen and oxygen atoms in total. The molecule has 0 saturated heterocycles. The Morgan fingerprint density at radius 1 is 1.41 bits per heavy atom. The van der Waals surface area contributed by atoms with Gasteiger partial charge in [0.2, 0.25) is 0 Å². The molecule has 3 aromatic rings. The molecule has 10 heteroatoms. The molecular weight excluding hydrogens is 516 g/mol. The molecule has 0 spiro atoms. The molecule has 1 N–H and O–H groups in total. The molecule has 0 aromatic carbocycles. The van der Waals surface area contributed by atoms with Crippen LogP contribution in [0, 0.1) is 11.8 Å². The third kappa shape index (κ3) is 4.69. The number of fused-ring (bicyclic) bond motifs is 1. The zero-order valence-corrected chi connectivity index (χ0v) is 18.1. The van der Waals surface area contributed by atoms with E-state index in [4.69, 9.17) is 0 Å². The van der Waals surface area contributed by atoms with Crippen LogP contribution >= 0.6 is 15.9 Å². The van der Waals surface area contributed by atoms with Crippen molar-refractivity contribution >= 4 is 46.9 Å². The summed E-state index contributed by atoms with van der Waals surface area (Å²) in [6, 6.07) is 5.45. The predicted molar refractivity (Wildman–Crippen MR) is 106 cm³/mol. The van der Waals surface area contributed by atoms with Crippen LogP contribution in [0.4, 0.5) is 13.2 Å². The molecule has 1 saturated carbocycles. The van der Waals surface area contributed by atoms with Gasteiger partial charge in [-0.05, 0) is 0 Å². The van der Waals surface area contributed by atoms with Gasteiger partial charge in [-0.25, -0.2) is 0 Å². The Morgan fingerprint density at radius 3 is 2.93 bits per heavy atom. The topological polar surface area (TPSA) is 51.3 Å². The van der Waals surface area contributed by atoms with Crippen molar-refractivity contribution in [2.45, 2.75) is 24.0 Å². The van der Waals surface area contributed by atoms with Crippen molar-refractivity contribution in [2.24, 2.45) is 0 Å². The number of halogens is 4. The van der Waals surface area contributed by atoms with E-state index in [0.717, 1.165) is 12.8 Å². The van der Waals surface area contributed by atoms with Crippen LogP contribution in [0.3, 0.4) is 0 Å². The molecule has 150 valence electrons. The molecule has 29 heavy (non-hydrogen) atoms.